The van der Waals surface area contributed by atoms with Crippen molar-refractivity contribution in [1.29, 1.82) is 0 Å². The molecule has 3 nitrogen and oxygen atoms in total. The van der Waals surface area contributed by atoms with Crippen LogP contribution in [0.5, 0.6) is 5.75 Å². The highest BCUT2D eigenvalue weighted by atomic mass is 35.5. The largest absolute Gasteiger partial charge is 0.495 e. The van der Waals surface area contributed by atoms with Crippen molar-refractivity contribution in [2.75, 3.05) is 26.7 Å². The van der Waals surface area contributed by atoms with Crippen LogP contribution in [0.25, 0.3) is 10.9 Å². The first-order valence-corrected chi connectivity index (χ1v) is 8.13. The van der Waals surface area contributed by atoms with E-state index in [1.807, 2.05) is 6.07 Å². The molecule has 2 bridgehead atoms. The maximum absolute atomic E-state index is 6.26. The number of benzene rings is 1. The minimum absolute atomic E-state index is 0.645. The Morgan fingerprint density at radius 2 is 2.05 bits per heavy atom. The second-order valence-electron chi connectivity index (χ2n) is 6.44. The van der Waals surface area contributed by atoms with Gasteiger partial charge in [0.1, 0.15) is 5.75 Å². The number of halogens is 1. The van der Waals surface area contributed by atoms with E-state index in [2.05, 4.69) is 22.9 Å². The summed E-state index contributed by atoms with van der Waals surface area (Å²) in [4.78, 5) is 6.12. The molecule has 0 saturated carbocycles. The third kappa shape index (κ3) is 2.06. The Kier molecular flexibility index (Phi) is 3.16. The number of nitrogens with one attached hydrogen (secondary N) is 1. The molecule has 1 N–H and O–H groups in total. The number of fused-ring (bicyclic) bond motifs is 4. The van der Waals surface area contributed by atoms with Crippen LogP contribution < -0.4 is 4.74 Å². The summed E-state index contributed by atoms with van der Waals surface area (Å²) in [6, 6.07) is 4.10. The monoisotopic (exact) mass is 304 g/mol. The van der Waals surface area contributed by atoms with E-state index >= 15 is 0 Å². The highest BCUT2D eigenvalue weighted by Gasteiger charge is 2.37. The summed E-state index contributed by atoms with van der Waals surface area (Å²) in [5.74, 6) is 2.24. The Labute approximate surface area is 130 Å². The minimum Gasteiger partial charge on any atom is -0.495 e. The normalized spacial score (nSPS) is 28.2. The molecule has 3 aliphatic rings. The van der Waals surface area contributed by atoms with Gasteiger partial charge in [-0.1, -0.05) is 11.6 Å². The summed E-state index contributed by atoms with van der Waals surface area (Å²) in [6.07, 6.45) is 2.67. The predicted molar refractivity (Wildman–Crippen MR) is 86.5 cm³/mol. The average molecular weight is 305 g/mol. The fourth-order valence-electron chi connectivity index (χ4n) is 4.28. The zero-order valence-corrected chi connectivity index (χ0v) is 13.3. The summed E-state index contributed by atoms with van der Waals surface area (Å²) >= 11 is 6.26. The summed E-state index contributed by atoms with van der Waals surface area (Å²) in [6.45, 7) is 5.94. The Bertz CT molecular complexity index is 686. The minimum atomic E-state index is 0.645. The molecule has 5 rings (SSSR count). The molecular formula is C17H21ClN2O. The van der Waals surface area contributed by atoms with Gasteiger partial charge < -0.3 is 14.6 Å². The molecule has 1 atom stereocenters. The smallest absolute Gasteiger partial charge is 0.138 e. The lowest BCUT2D eigenvalue weighted by Gasteiger charge is -2.45. The number of piperidine rings is 3. The zero-order valence-electron chi connectivity index (χ0n) is 12.6. The van der Waals surface area contributed by atoms with Crippen molar-refractivity contribution in [3.8, 4) is 5.75 Å². The van der Waals surface area contributed by atoms with E-state index in [0.29, 0.717) is 10.9 Å². The van der Waals surface area contributed by atoms with Crippen LogP contribution in [0.2, 0.25) is 5.02 Å². The molecule has 0 amide bonds. The van der Waals surface area contributed by atoms with Crippen molar-refractivity contribution in [3.63, 3.8) is 0 Å². The van der Waals surface area contributed by atoms with Gasteiger partial charge >= 0.3 is 0 Å². The molecule has 112 valence electrons. The van der Waals surface area contributed by atoms with Crippen LogP contribution in [-0.4, -0.2) is 36.6 Å². The number of aryl methyl sites for hydroxylation is 1. The number of nitrogens with zero attached hydrogens (tertiary/aromatic N) is 1. The number of aromatic amines is 1. The molecule has 4 heteroatoms. The van der Waals surface area contributed by atoms with E-state index in [4.69, 9.17) is 16.3 Å². The lowest BCUT2D eigenvalue weighted by molar-refractivity contribution is 0.0874. The molecule has 1 unspecified atom stereocenters. The summed E-state index contributed by atoms with van der Waals surface area (Å²) in [5, 5.41) is 1.96. The molecule has 2 aromatic rings. The topological polar surface area (TPSA) is 28.3 Å². The van der Waals surface area contributed by atoms with E-state index in [9.17, 15) is 0 Å². The third-order valence-electron chi connectivity index (χ3n) is 5.34. The van der Waals surface area contributed by atoms with Crippen molar-refractivity contribution >= 4 is 22.5 Å². The summed E-state index contributed by atoms with van der Waals surface area (Å²) in [7, 11) is 1.68. The number of hydrogen-bond donors (Lipinski definition) is 1. The van der Waals surface area contributed by atoms with Crippen molar-refractivity contribution in [1.82, 2.24) is 9.88 Å². The fourth-order valence-corrected chi connectivity index (χ4v) is 4.52. The molecule has 0 radical (unpaired) electrons. The first-order valence-electron chi connectivity index (χ1n) is 7.75. The first-order chi connectivity index (χ1) is 10.2. The fraction of sp³-hybridized carbons (Fsp3) is 0.529. The van der Waals surface area contributed by atoms with Gasteiger partial charge in [-0.05, 0) is 56.5 Å². The van der Waals surface area contributed by atoms with Gasteiger partial charge in [0.05, 0.1) is 12.1 Å². The zero-order chi connectivity index (χ0) is 14.6. The number of aromatic nitrogens is 1. The molecule has 0 aliphatic carbocycles. The number of hydrogen-bond acceptors (Lipinski definition) is 2. The van der Waals surface area contributed by atoms with Crippen LogP contribution in [0.1, 0.15) is 30.0 Å². The van der Waals surface area contributed by atoms with Crippen molar-refractivity contribution < 1.29 is 4.74 Å². The van der Waals surface area contributed by atoms with Crippen LogP contribution in [0.15, 0.2) is 12.1 Å². The second kappa shape index (κ2) is 4.92. The van der Waals surface area contributed by atoms with Gasteiger partial charge in [-0.3, -0.25) is 0 Å². The summed E-state index contributed by atoms with van der Waals surface area (Å²) < 4.78 is 5.41. The SMILES string of the molecule is COc1cc2c(C3CN4CCC3CC4)c(C)[nH]c2cc1Cl. The third-order valence-corrected chi connectivity index (χ3v) is 5.63. The molecule has 1 aromatic carbocycles. The first kappa shape index (κ1) is 13.5. The Morgan fingerprint density at radius 3 is 2.67 bits per heavy atom. The summed E-state index contributed by atoms with van der Waals surface area (Å²) in [5.41, 5.74) is 3.90. The standard InChI is InChI=1S/C17H21ClN2O/c1-10-17(13-9-20-5-3-11(13)4-6-20)12-7-16(21-2)14(18)8-15(12)19-10/h7-8,11,13,19H,3-6,9H2,1-2H3. The highest BCUT2D eigenvalue weighted by Crippen LogP contribution is 2.44. The lowest BCUT2D eigenvalue weighted by Crippen LogP contribution is -2.46. The van der Waals surface area contributed by atoms with Gasteiger partial charge in [0.15, 0.2) is 0 Å². The van der Waals surface area contributed by atoms with Crippen LogP contribution in [-0.2, 0) is 0 Å². The van der Waals surface area contributed by atoms with E-state index in [1.54, 1.807) is 7.11 Å². The van der Waals surface area contributed by atoms with Crippen LogP contribution in [0.3, 0.4) is 0 Å². The van der Waals surface area contributed by atoms with Gasteiger partial charge in [0.25, 0.3) is 0 Å². The molecule has 3 fully saturated rings. The van der Waals surface area contributed by atoms with E-state index in [-0.39, 0.29) is 0 Å². The number of H-pyrrole nitrogens is 1. The van der Waals surface area contributed by atoms with Gasteiger partial charge in [-0.2, -0.15) is 0 Å². The van der Waals surface area contributed by atoms with Gasteiger partial charge in [0, 0.05) is 29.1 Å². The molecular weight excluding hydrogens is 284 g/mol. The number of rotatable bonds is 2. The molecule has 3 saturated heterocycles. The van der Waals surface area contributed by atoms with E-state index in [0.717, 1.165) is 17.2 Å². The highest BCUT2D eigenvalue weighted by molar-refractivity contribution is 6.32. The second-order valence-corrected chi connectivity index (χ2v) is 6.85. The quantitative estimate of drug-likeness (QED) is 0.910. The van der Waals surface area contributed by atoms with E-state index in [1.165, 1.54) is 49.1 Å². The van der Waals surface area contributed by atoms with E-state index < -0.39 is 0 Å². The van der Waals surface area contributed by atoms with Crippen LogP contribution in [0.4, 0.5) is 0 Å². The van der Waals surface area contributed by atoms with Crippen LogP contribution in [0, 0.1) is 12.8 Å². The van der Waals surface area contributed by atoms with Crippen molar-refractivity contribution in [2.24, 2.45) is 5.92 Å². The Morgan fingerprint density at radius 1 is 1.29 bits per heavy atom. The number of ether oxygens (including phenoxy) is 1. The maximum Gasteiger partial charge on any atom is 0.138 e. The predicted octanol–water partition coefficient (Wildman–Crippen LogP) is 3.95. The van der Waals surface area contributed by atoms with Gasteiger partial charge in [-0.25, -0.2) is 0 Å². The Hall–Kier alpha value is -1.19. The molecule has 3 aliphatic heterocycles. The van der Waals surface area contributed by atoms with Gasteiger partial charge in [-0.15, -0.1) is 0 Å². The maximum atomic E-state index is 6.26. The van der Waals surface area contributed by atoms with Crippen LogP contribution >= 0.6 is 11.6 Å². The molecule has 4 heterocycles. The van der Waals surface area contributed by atoms with Crippen molar-refractivity contribution in [2.45, 2.75) is 25.7 Å². The Balaban J connectivity index is 1.86. The lowest BCUT2D eigenvalue weighted by atomic mass is 9.75. The van der Waals surface area contributed by atoms with Gasteiger partial charge in [0.2, 0.25) is 0 Å². The number of methoxy groups -OCH3 is 1. The average Bonchev–Trinajstić information content (AvgIpc) is 2.82. The molecule has 0 spiro atoms. The molecule has 1 aromatic heterocycles. The van der Waals surface area contributed by atoms with Crippen molar-refractivity contribution in [3.05, 3.63) is 28.4 Å². The molecule has 21 heavy (non-hydrogen) atoms.